The maximum Gasteiger partial charge on any atom is 0.0453 e. The van der Waals surface area contributed by atoms with Crippen molar-refractivity contribution in [3.8, 4) is 0 Å². The van der Waals surface area contributed by atoms with Crippen molar-refractivity contribution >= 4 is 11.6 Å². The summed E-state index contributed by atoms with van der Waals surface area (Å²) in [4.78, 5) is 2.56. The van der Waals surface area contributed by atoms with Gasteiger partial charge in [-0.05, 0) is 64.0 Å². The average molecular weight is 267 g/mol. The van der Waals surface area contributed by atoms with E-state index in [1.807, 2.05) is 18.2 Å². The standard InChI is InChI=1S/C15H23ClN2/c1-13(14-7-2-3-8-15(14)16)17-9-6-12-18-10-4-5-11-18/h2-3,7-8,13,17H,4-6,9-12H2,1H3. The van der Waals surface area contributed by atoms with E-state index in [4.69, 9.17) is 11.6 Å². The molecule has 1 unspecified atom stereocenters. The quantitative estimate of drug-likeness (QED) is 0.793. The summed E-state index contributed by atoms with van der Waals surface area (Å²) in [5.41, 5.74) is 1.19. The molecule has 1 aliphatic heterocycles. The molecule has 1 saturated heterocycles. The van der Waals surface area contributed by atoms with Crippen molar-refractivity contribution in [2.75, 3.05) is 26.2 Å². The molecule has 1 N–H and O–H groups in total. The Balaban J connectivity index is 1.68. The minimum atomic E-state index is 0.331. The summed E-state index contributed by atoms with van der Waals surface area (Å²) >= 11 is 6.19. The van der Waals surface area contributed by atoms with E-state index in [0.29, 0.717) is 6.04 Å². The van der Waals surface area contributed by atoms with Gasteiger partial charge >= 0.3 is 0 Å². The lowest BCUT2D eigenvalue weighted by Crippen LogP contribution is -2.26. The van der Waals surface area contributed by atoms with Crippen molar-refractivity contribution in [1.82, 2.24) is 10.2 Å². The molecule has 1 fully saturated rings. The van der Waals surface area contributed by atoms with Gasteiger partial charge in [-0.25, -0.2) is 0 Å². The van der Waals surface area contributed by atoms with Crippen LogP contribution in [0.1, 0.15) is 37.8 Å². The molecule has 0 spiro atoms. The fourth-order valence-corrected chi connectivity index (χ4v) is 2.86. The van der Waals surface area contributed by atoms with Crippen LogP contribution >= 0.6 is 11.6 Å². The Morgan fingerprint density at radius 1 is 1.28 bits per heavy atom. The molecule has 0 amide bonds. The molecule has 1 heterocycles. The lowest BCUT2D eigenvalue weighted by Gasteiger charge is -2.18. The maximum atomic E-state index is 6.19. The second-order valence-electron chi connectivity index (χ2n) is 5.10. The van der Waals surface area contributed by atoms with E-state index < -0.39 is 0 Å². The van der Waals surface area contributed by atoms with Crippen molar-refractivity contribution in [3.05, 3.63) is 34.9 Å². The van der Waals surface area contributed by atoms with Crippen molar-refractivity contribution in [1.29, 1.82) is 0 Å². The smallest absolute Gasteiger partial charge is 0.0453 e. The third-order valence-corrected chi connectivity index (χ3v) is 4.02. The van der Waals surface area contributed by atoms with E-state index >= 15 is 0 Å². The van der Waals surface area contributed by atoms with Gasteiger partial charge in [0, 0.05) is 11.1 Å². The van der Waals surface area contributed by atoms with Gasteiger partial charge in [0.05, 0.1) is 0 Å². The molecule has 0 radical (unpaired) electrons. The molecular formula is C15H23ClN2. The normalized spacial score (nSPS) is 18.1. The van der Waals surface area contributed by atoms with Crippen LogP contribution in [-0.4, -0.2) is 31.1 Å². The van der Waals surface area contributed by atoms with Crippen LogP contribution < -0.4 is 5.32 Å². The van der Waals surface area contributed by atoms with Gasteiger partial charge in [-0.2, -0.15) is 0 Å². The highest BCUT2D eigenvalue weighted by Crippen LogP contribution is 2.21. The third kappa shape index (κ3) is 3.98. The topological polar surface area (TPSA) is 15.3 Å². The van der Waals surface area contributed by atoms with Crippen LogP contribution in [-0.2, 0) is 0 Å². The molecule has 3 heteroatoms. The van der Waals surface area contributed by atoms with Gasteiger partial charge in [0.15, 0.2) is 0 Å². The van der Waals surface area contributed by atoms with E-state index in [1.165, 1.54) is 44.5 Å². The summed E-state index contributed by atoms with van der Waals surface area (Å²) in [7, 11) is 0. The number of hydrogen-bond donors (Lipinski definition) is 1. The van der Waals surface area contributed by atoms with Gasteiger partial charge in [0.25, 0.3) is 0 Å². The van der Waals surface area contributed by atoms with Crippen LogP contribution in [0.3, 0.4) is 0 Å². The number of rotatable bonds is 6. The Kier molecular flexibility index (Phi) is 5.48. The average Bonchev–Trinajstić information content (AvgIpc) is 2.88. The fourth-order valence-electron chi connectivity index (χ4n) is 2.56. The Morgan fingerprint density at radius 2 is 2.00 bits per heavy atom. The van der Waals surface area contributed by atoms with Crippen LogP contribution in [0.4, 0.5) is 0 Å². The van der Waals surface area contributed by atoms with Crippen molar-refractivity contribution < 1.29 is 0 Å². The summed E-state index contributed by atoms with van der Waals surface area (Å²) in [5, 5.41) is 4.41. The van der Waals surface area contributed by atoms with Gasteiger partial charge in [-0.1, -0.05) is 29.8 Å². The zero-order valence-corrected chi connectivity index (χ0v) is 11.9. The summed E-state index contributed by atoms with van der Waals surface area (Å²) in [6.45, 7) is 7.04. The van der Waals surface area contributed by atoms with Crippen LogP contribution in [0.5, 0.6) is 0 Å². The molecule has 1 aromatic carbocycles. The Morgan fingerprint density at radius 3 is 2.72 bits per heavy atom. The van der Waals surface area contributed by atoms with Crippen LogP contribution in [0, 0.1) is 0 Å². The summed E-state index contributed by atoms with van der Waals surface area (Å²) < 4.78 is 0. The van der Waals surface area contributed by atoms with Crippen LogP contribution in [0.25, 0.3) is 0 Å². The summed E-state index contributed by atoms with van der Waals surface area (Å²) in [6, 6.07) is 8.41. The first kappa shape index (κ1) is 13.9. The molecule has 1 aromatic rings. The second-order valence-corrected chi connectivity index (χ2v) is 5.51. The number of likely N-dealkylation sites (tertiary alicyclic amines) is 1. The van der Waals surface area contributed by atoms with E-state index in [1.54, 1.807) is 0 Å². The molecule has 18 heavy (non-hydrogen) atoms. The molecule has 0 saturated carbocycles. The van der Waals surface area contributed by atoms with Gasteiger partial charge in [0.1, 0.15) is 0 Å². The molecule has 2 nitrogen and oxygen atoms in total. The Bertz CT molecular complexity index is 361. The van der Waals surface area contributed by atoms with Gasteiger partial charge in [-0.15, -0.1) is 0 Å². The minimum Gasteiger partial charge on any atom is -0.310 e. The largest absolute Gasteiger partial charge is 0.310 e. The molecule has 0 aromatic heterocycles. The van der Waals surface area contributed by atoms with Gasteiger partial charge < -0.3 is 10.2 Å². The molecule has 100 valence electrons. The third-order valence-electron chi connectivity index (χ3n) is 3.67. The van der Waals surface area contributed by atoms with Crippen molar-refractivity contribution in [2.45, 2.75) is 32.2 Å². The summed E-state index contributed by atoms with van der Waals surface area (Å²) in [6.07, 6.45) is 3.97. The molecule has 1 atom stereocenters. The minimum absolute atomic E-state index is 0.331. The van der Waals surface area contributed by atoms with Crippen molar-refractivity contribution in [3.63, 3.8) is 0 Å². The van der Waals surface area contributed by atoms with E-state index in [-0.39, 0.29) is 0 Å². The van der Waals surface area contributed by atoms with E-state index in [0.717, 1.165) is 11.6 Å². The first-order valence-corrected chi connectivity index (χ1v) is 7.35. The lowest BCUT2D eigenvalue weighted by molar-refractivity contribution is 0.328. The van der Waals surface area contributed by atoms with Gasteiger partial charge in [0.2, 0.25) is 0 Å². The summed E-state index contributed by atoms with van der Waals surface area (Å²) in [5.74, 6) is 0. The maximum absolute atomic E-state index is 6.19. The predicted molar refractivity (Wildman–Crippen MR) is 78.2 cm³/mol. The Hall–Kier alpha value is -0.570. The molecule has 0 aliphatic carbocycles. The number of halogens is 1. The van der Waals surface area contributed by atoms with Gasteiger partial charge in [-0.3, -0.25) is 0 Å². The van der Waals surface area contributed by atoms with Crippen LogP contribution in [0.2, 0.25) is 5.02 Å². The SMILES string of the molecule is CC(NCCCN1CCCC1)c1ccccc1Cl. The van der Waals surface area contributed by atoms with E-state index in [9.17, 15) is 0 Å². The number of benzene rings is 1. The van der Waals surface area contributed by atoms with Crippen molar-refractivity contribution in [2.24, 2.45) is 0 Å². The first-order chi connectivity index (χ1) is 8.77. The first-order valence-electron chi connectivity index (χ1n) is 6.97. The Labute approximate surface area is 115 Å². The second kappa shape index (κ2) is 7.13. The number of nitrogens with one attached hydrogen (secondary N) is 1. The number of hydrogen-bond acceptors (Lipinski definition) is 2. The lowest BCUT2D eigenvalue weighted by atomic mass is 10.1. The zero-order chi connectivity index (χ0) is 12.8. The molecule has 0 bridgehead atoms. The van der Waals surface area contributed by atoms with Crippen LogP contribution in [0.15, 0.2) is 24.3 Å². The molecule has 1 aliphatic rings. The molecular weight excluding hydrogens is 244 g/mol. The highest BCUT2D eigenvalue weighted by Gasteiger charge is 2.11. The predicted octanol–water partition coefficient (Wildman–Crippen LogP) is 3.48. The number of nitrogens with zero attached hydrogens (tertiary/aromatic N) is 1. The van der Waals surface area contributed by atoms with E-state index in [2.05, 4.69) is 23.2 Å². The monoisotopic (exact) mass is 266 g/mol. The fraction of sp³-hybridized carbons (Fsp3) is 0.600. The molecule has 2 rings (SSSR count). The highest BCUT2D eigenvalue weighted by atomic mass is 35.5. The zero-order valence-electron chi connectivity index (χ0n) is 11.2. The highest BCUT2D eigenvalue weighted by molar-refractivity contribution is 6.31.